The Bertz CT molecular complexity index is 2400. The highest BCUT2D eigenvalue weighted by molar-refractivity contribution is 6.64. The molecule has 2 heterocycles. The zero-order valence-electron chi connectivity index (χ0n) is 30.1. The molecule has 0 amide bonds. The molecule has 7 aromatic rings. The zero-order chi connectivity index (χ0) is 36.6. The van der Waals surface area contributed by atoms with Gasteiger partial charge in [0.25, 0.3) is 0 Å². The third kappa shape index (κ3) is 6.55. The molecule has 1 aliphatic rings. The van der Waals surface area contributed by atoms with Crippen LogP contribution in [0.4, 0.5) is 0 Å². The van der Waals surface area contributed by atoms with E-state index < -0.39 is 18.3 Å². The maximum atomic E-state index is 9.40. The van der Waals surface area contributed by atoms with Gasteiger partial charge in [-0.05, 0) is 78.7 Å². The largest absolute Gasteiger partial charge is 0.495 e. The first-order valence-electron chi connectivity index (χ1n) is 17.8. The topological polar surface area (TPSA) is 80.9 Å². The average Bonchev–Trinajstić information content (AvgIpc) is 3.43. The van der Waals surface area contributed by atoms with Crippen LogP contribution in [0.15, 0.2) is 152 Å². The Hall–Kier alpha value is -6.20. The molecular formula is C46H37BN4O2. The fraction of sp³-hybridized carbons (Fsp3) is 0.130. The molecule has 53 heavy (non-hydrogen) atoms. The van der Waals surface area contributed by atoms with E-state index in [1.807, 2.05) is 91.0 Å². The number of rotatable bonds is 7. The van der Waals surface area contributed by atoms with E-state index in [1.165, 1.54) is 0 Å². The maximum Gasteiger partial charge on any atom is 0.495 e. The lowest BCUT2D eigenvalue weighted by atomic mass is 9.72. The second-order valence-corrected chi connectivity index (χ2v) is 14.2. The predicted molar refractivity (Wildman–Crippen MR) is 213 cm³/mol. The number of aromatic nitrogens is 3. The lowest BCUT2D eigenvalue weighted by molar-refractivity contribution is 0.00578. The Kier molecular flexibility index (Phi) is 8.79. The first kappa shape index (κ1) is 33.9. The Balaban J connectivity index is 1.30. The molecule has 0 radical (unpaired) electrons. The second kappa shape index (κ2) is 13.7. The van der Waals surface area contributed by atoms with Gasteiger partial charge in [0.15, 0.2) is 17.5 Å². The van der Waals surface area contributed by atoms with Gasteiger partial charge in [-0.1, -0.05) is 140 Å². The van der Waals surface area contributed by atoms with Crippen LogP contribution in [-0.2, 0) is 9.31 Å². The summed E-state index contributed by atoms with van der Waals surface area (Å²) in [7, 11) is -0.609. The SMILES string of the molecule is CC1(C)OB(c2cc(-c3ccc(C#N)cc3)ccc2-c2ccccc2-c2ccccc2-c2nc(-c3ccccc3)nc(-c3ccccc3)n2)OC1(C)C. The van der Waals surface area contributed by atoms with Gasteiger partial charge in [-0.15, -0.1) is 0 Å². The van der Waals surface area contributed by atoms with Crippen LogP contribution in [-0.4, -0.2) is 33.3 Å². The summed E-state index contributed by atoms with van der Waals surface area (Å²) in [5, 5.41) is 9.40. The standard InChI is InChI=1S/C46H37BN4O2/c1-45(2)46(3,4)53-47(52-45)41-29-35(32-25-23-31(30-48)24-26-32)27-28-39(41)37-20-12-11-19-36(37)38-21-13-14-22-40(38)44-50-42(33-15-7-5-8-16-33)49-43(51-44)34-17-9-6-10-18-34/h5-29H,1-4H3. The number of hydrogen-bond donors (Lipinski definition) is 0. The van der Waals surface area contributed by atoms with Crippen molar-refractivity contribution >= 4 is 12.6 Å². The molecule has 0 bridgehead atoms. The van der Waals surface area contributed by atoms with Crippen molar-refractivity contribution in [2.24, 2.45) is 0 Å². The molecule has 0 atom stereocenters. The van der Waals surface area contributed by atoms with Crippen molar-refractivity contribution in [3.8, 4) is 73.6 Å². The normalized spacial score (nSPS) is 14.5. The van der Waals surface area contributed by atoms with Gasteiger partial charge in [0.05, 0.1) is 22.8 Å². The predicted octanol–water partition coefficient (Wildman–Crippen LogP) is 10.0. The summed E-state index contributed by atoms with van der Waals surface area (Å²) in [6.07, 6.45) is 0. The van der Waals surface area contributed by atoms with Crippen LogP contribution in [0.5, 0.6) is 0 Å². The van der Waals surface area contributed by atoms with Crippen LogP contribution in [0.2, 0.25) is 0 Å². The third-order valence-corrected chi connectivity index (χ3v) is 10.3. The van der Waals surface area contributed by atoms with Crippen molar-refractivity contribution in [2.45, 2.75) is 38.9 Å². The molecule has 0 spiro atoms. The van der Waals surface area contributed by atoms with Crippen molar-refractivity contribution in [1.29, 1.82) is 5.26 Å². The van der Waals surface area contributed by atoms with Crippen molar-refractivity contribution in [3.63, 3.8) is 0 Å². The van der Waals surface area contributed by atoms with Gasteiger partial charge in [0.2, 0.25) is 0 Å². The number of nitriles is 1. The summed E-state index contributed by atoms with van der Waals surface area (Å²) >= 11 is 0. The fourth-order valence-corrected chi connectivity index (χ4v) is 6.68. The highest BCUT2D eigenvalue weighted by Crippen LogP contribution is 2.41. The number of benzene rings is 6. The van der Waals surface area contributed by atoms with Gasteiger partial charge >= 0.3 is 7.12 Å². The van der Waals surface area contributed by atoms with Crippen LogP contribution in [0.25, 0.3) is 67.5 Å². The smallest absolute Gasteiger partial charge is 0.399 e. The highest BCUT2D eigenvalue weighted by atomic mass is 16.7. The quantitative estimate of drug-likeness (QED) is 0.155. The summed E-state index contributed by atoms with van der Waals surface area (Å²) in [5.74, 6) is 1.81. The van der Waals surface area contributed by atoms with Gasteiger partial charge in [0.1, 0.15) is 0 Å². The Morgan fingerprint density at radius 2 is 0.887 bits per heavy atom. The van der Waals surface area contributed by atoms with Crippen molar-refractivity contribution in [2.75, 3.05) is 0 Å². The van der Waals surface area contributed by atoms with Gasteiger partial charge < -0.3 is 9.31 Å². The van der Waals surface area contributed by atoms with Crippen LogP contribution in [0.1, 0.15) is 33.3 Å². The van der Waals surface area contributed by atoms with Crippen molar-refractivity contribution in [1.82, 2.24) is 15.0 Å². The first-order valence-corrected chi connectivity index (χ1v) is 17.8. The molecule has 0 aliphatic carbocycles. The molecule has 8 rings (SSSR count). The van der Waals surface area contributed by atoms with Crippen LogP contribution in [0, 0.1) is 11.3 Å². The average molecular weight is 689 g/mol. The molecule has 0 N–H and O–H groups in total. The van der Waals surface area contributed by atoms with Crippen molar-refractivity contribution < 1.29 is 9.31 Å². The monoisotopic (exact) mass is 688 g/mol. The van der Waals surface area contributed by atoms with E-state index in [9.17, 15) is 5.26 Å². The van der Waals surface area contributed by atoms with Gasteiger partial charge in [-0.2, -0.15) is 5.26 Å². The molecule has 0 unspecified atom stereocenters. The summed E-state index contributed by atoms with van der Waals surface area (Å²) in [6, 6.07) is 53.1. The van der Waals surface area contributed by atoms with E-state index in [4.69, 9.17) is 24.3 Å². The first-order chi connectivity index (χ1) is 25.7. The molecule has 7 heteroatoms. The summed E-state index contributed by atoms with van der Waals surface area (Å²) in [6.45, 7) is 8.29. The molecule has 0 saturated carbocycles. The molecule has 1 aliphatic heterocycles. The van der Waals surface area contributed by atoms with Gasteiger partial charge in [-0.25, -0.2) is 15.0 Å². The third-order valence-electron chi connectivity index (χ3n) is 10.3. The Morgan fingerprint density at radius 3 is 1.42 bits per heavy atom. The van der Waals surface area contributed by atoms with E-state index in [0.29, 0.717) is 23.0 Å². The van der Waals surface area contributed by atoms with E-state index >= 15 is 0 Å². The molecular weight excluding hydrogens is 651 g/mol. The molecule has 1 aromatic heterocycles. The molecule has 6 nitrogen and oxygen atoms in total. The number of nitrogens with zero attached hydrogens (tertiary/aromatic N) is 4. The zero-order valence-corrected chi connectivity index (χ0v) is 30.1. The second-order valence-electron chi connectivity index (χ2n) is 14.2. The highest BCUT2D eigenvalue weighted by Gasteiger charge is 2.52. The Labute approximate surface area is 310 Å². The summed E-state index contributed by atoms with van der Waals surface area (Å²) in [4.78, 5) is 15.1. The maximum absolute atomic E-state index is 9.40. The molecule has 1 fully saturated rings. The molecule has 1 saturated heterocycles. The minimum absolute atomic E-state index is 0.531. The summed E-state index contributed by atoms with van der Waals surface area (Å²) in [5.41, 5.74) is 9.26. The van der Waals surface area contributed by atoms with Crippen LogP contribution in [0.3, 0.4) is 0 Å². The lowest BCUT2D eigenvalue weighted by Gasteiger charge is -2.32. The van der Waals surface area contributed by atoms with Gasteiger partial charge in [-0.3, -0.25) is 0 Å². The van der Waals surface area contributed by atoms with E-state index in [0.717, 1.165) is 55.5 Å². The van der Waals surface area contributed by atoms with Gasteiger partial charge in [0, 0.05) is 16.7 Å². The van der Waals surface area contributed by atoms with Crippen LogP contribution >= 0.6 is 0 Å². The Morgan fingerprint density at radius 1 is 0.453 bits per heavy atom. The number of hydrogen-bond acceptors (Lipinski definition) is 6. The minimum atomic E-state index is -0.609. The summed E-state index contributed by atoms with van der Waals surface area (Å²) < 4.78 is 13.4. The minimum Gasteiger partial charge on any atom is -0.399 e. The fourth-order valence-electron chi connectivity index (χ4n) is 6.68. The van der Waals surface area contributed by atoms with E-state index in [2.05, 4.69) is 94.4 Å². The van der Waals surface area contributed by atoms with E-state index in [-0.39, 0.29) is 0 Å². The van der Waals surface area contributed by atoms with Crippen molar-refractivity contribution in [3.05, 3.63) is 157 Å². The molecule has 6 aromatic carbocycles. The molecule has 256 valence electrons. The van der Waals surface area contributed by atoms with E-state index in [1.54, 1.807) is 0 Å². The van der Waals surface area contributed by atoms with Crippen LogP contribution < -0.4 is 5.46 Å². The lowest BCUT2D eigenvalue weighted by Crippen LogP contribution is -2.41.